The quantitative estimate of drug-likeness (QED) is 0.889. The summed E-state index contributed by atoms with van der Waals surface area (Å²) in [6, 6.07) is 10.0. The van der Waals surface area contributed by atoms with Gasteiger partial charge in [0.05, 0.1) is 0 Å². The normalized spacial score (nSPS) is 29.4. The number of nitrogens with zero attached hydrogens (tertiary/aromatic N) is 1. The Morgan fingerprint density at radius 1 is 1.20 bits per heavy atom. The summed E-state index contributed by atoms with van der Waals surface area (Å²) in [4.78, 5) is 2.64. The summed E-state index contributed by atoms with van der Waals surface area (Å²) in [6.07, 6.45) is 6.89. The van der Waals surface area contributed by atoms with Crippen molar-refractivity contribution in [1.82, 2.24) is 10.2 Å². The van der Waals surface area contributed by atoms with E-state index in [1.54, 1.807) is 0 Å². The average Bonchev–Trinajstić information content (AvgIpc) is 3.04. The van der Waals surface area contributed by atoms with Crippen LogP contribution in [0.5, 0.6) is 5.75 Å². The maximum absolute atomic E-state index is 6.09. The maximum Gasteiger partial charge on any atom is 0.123 e. The Morgan fingerprint density at radius 2 is 2.10 bits per heavy atom. The van der Waals surface area contributed by atoms with Crippen molar-refractivity contribution < 1.29 is 4.74 Å². The fourth-order valence-corrected chi connectivity index (χ4v) is 3.57. The Labute approximate surface area is 121 Å². The number of hydrogen-bond acceptors (Lipinski definition) is 3. The molecule has 4 rings (SSSR count). The van der Waals surface area contributed by atoms with Crippen molar-refractivity contribution in [2.75, 3.05) is 19.6 Å². The van der Waals surface area contributed by atoms with Crippen LogP contribution in [0.3, 0.4) is 0 Å². The lowest BCUT2D eigenvalue weighted by molar-refractivity contribution is 0.140. The number of rotatable bonds is 5. The molecule has 2 atom stereocenters. The first-order chi connectivity index (χ1) is 9.88. The number of fused-ring (bicyclic) bond motifs is 1. The van der Waals surface area contributed by atoms with Gasteiger partial charge in [-0.15, -0.1) is 0 Å². The minimum absolute atomic E-state index is 0.355. The van der Waals surface area contributed by atoms with Crippen LogP contribution in [0.4, 0.5) is 0 Å². The molecule has 108 valence electrons. The second-order valence-corrected chi connectivity index (χ2v) is 6.53. The molecule has 1 N–H and O–H groups in total. The summed E-state index contributed by atoms with van der Waals surface area (Å²) in [7, 11) is 0. The van der Waals surface area contributed by atoms with E-state index in [0.29, 0.717) is 6.10 Å². The van der Waals surface area contributed by atoms with E-state index in [1.807, 2.05) is 0 Å². The number of hydrogen-bond donors (Lipinski definition) is 1. The lowest BCUT2D eigenvalue weighted by Crippen LogP contribution is -2.43. The number of para-hydroxylation sites is 1. The van der Waals surface area contributed by atoms with E-state index in [4.69, 9.17) is 4.74 Å². The van der Waals surface area contributed by atoms with E-state index in [1.165, 1.54) is 44.3 Å². The van der Waals surface area contributed by atoms with E-state index >= 15 is 0 Å². The van der Waals surface area contributed by atoms with Crippen LogP contribution in [0.25, 0.3) is 0 Å². The van der Waals surface area contributed by atoms with Crippen molar-refractivity contribution in [3.05, 3.63) is 29.8 Å². The molecule has 1 aromatic rings. The van der Waals surface area contributed by atoms with Crippen LogP contribution in [0.15, 0.2) is 24.3 Å². The minimum Gasteiger partial charge on any atom is -0.488 e. The van der Waals surface area contributed by atoms with Crippen molar-refractivity contribution in [3.8, 4) is 5.75 Å². The molecule has 2 fully saturated rings. The number of ether oxygens (including phenoxy) is 1. The second kappa shape index (κ2) is 5.38. The van der Waals surface area contributed by atoms with Gasteiger partial charge in [0.2, 0.25) is 0 Å². The highest BCUT2D eigenvalue weighted by atomic mass is 16.5. The fraction of sp³-hybridized carbons (Fsp3) is 0.647. The first-order valence-corrected chi connectivity index (χ1v) is 8.10. The van der Waals surface area contributed by atoms with Gasteiger partial charge in [0.1, 0.15) is 11.9 Å². The van der Waals surface area contributed by atoms with E-state index in [0.717, 1.165) is 30.8 Å². The number of benzene rings is 1. The van der Waals surface area contributed by atoms with Crippen molar-refractivity contribution in [2.45, 2.75) is 50.3 Å². The van der Waals surface area contributed by atoms with Crippen LogP contribution >= 0.6 is 0 Å². The Morgan fingerprint density at radius 3 is 2.95 bits per heavy atom. The summed E-state index contributed by atoms with van der Waals surface area (Å²) < 4.78 is 6.09. The molecule has 2 unspecified atom stereocenters. The molecular weight excluding hydrogens is 248 g/mol. The molecule has 0 bridgehead atoms. The van der Waals surface area contributed by atoms with Crippen LogP contribution in [0.1, 0.15) is 31.2 Å². The van der Waals surface area contributed by atoms with E-state index in [2.05, 4.69) is 34.5 Å². The SMILES string of the molecule is c1ccc2c(c1)CC(CN1CCCC1CNC1CC1)O2. The third-order valence-electron chi connectivity index (χ3n) is 4.87. The van der Waals surface area contributed by atoms with Gasteiger partial charge in [-0.3, -0.25) is 4.90 Å². The Balaban J connectivity index is 1.32. The number of nitrogens with one attached hydrogen (secondary N) is 1. The molecule has 0 aromatic heterocycles. The molecule has 20 heavy (non-hydrogen) atoms. The van der Waals surface area contributed by atoms with Gasteiger partial charge in [0.25, 0.3) is 0 Å². The summed E-state index contributed by atoms with van der Waals surface area (Å²) >= 11 is 0. The molecule has 1 saturated carbocycles. The van der Waals surface area contributed by atoms with Crippen molar-refractivity contribution >= 4 is 0 Å². The van der Waals surface area contributed by atoms with Gasteiger partial charge in [-0.05, 0) is 43.9 Å². The molecule has 0 spiro atoms. The van der Waals surface area contributed by atoms with Crippen molar-refractivity contribution in [1.29, 1.82) is 0 Å². The van der Waals surface area contributed by atoms with Gasteiger partial charge in [0, 0.05) is 31.6 Å². The zero-order valence-electron chi connectivity index (χ0n) is 12.1. The second-order valence-electron chi connectivity index (χ2n) is 6.53. The highest BCUT2D eigenvalue weighted by molar-refractivity contribution is 5.37. The largest absolute Gasteiger partial charge is 0.488 e. The summed E-state index contributed by atoms with van der Waals surface area (Å²) in [5.41, 5.74) is 1.38. The molecule has 3 heteroatoms. The lowest BCUT2D eigenvalue weighted by atomic mass is 10.1. The Kier molecular flexibility index (Phi) is 3.41. The third kappa shape index (κ3) is 2.70. The minimum atomic E-state index is 0.355. The van der Waals surface area contributed by atoms with Gasteiger partial charge in [-0.1, -0.05) is 18.2 Å². The molecule has 2 heterocycles. The number of likely N-dealkylation sites (tertiary alicyclic amines) is 1. The van der Waals surface area contributed by atoms with E-state index in [9.17, 15) is 0 Å². The molecule has 1 saturated heterocycles. The first-order valence-electron chi connectivity index (χ1n) is 8.10. The van der Waals surface area contributed by atoms with Crippen molar-refractivity contribution in [3.63, 3.8) is 0 Å². The van der Waals surface area contributed by atoms with Crippen LogP contribution < -0.4 is 10.1 Å². The monoisotopic (exact) mass is 272 g/mol. The standard InChI is InChI=1S/C17H24N2O/c1-2-6-17-13(4-1)10-16(20-17)12-19-9-3-5-15(19)11-18-14-7-8-14/h1-2,4,6,14-16,18H,3,5,7-12H2. The molecule has 0 radical (unpaired) electrons. The molecule has 1 aromatic carbocycles. The summed E-state index contributed by atoms with van der Waals surface area (Å²) in [6.45, 7) is 3.50. The molecule has 0 amide bonds. The van der Waals surface area contributed by atoms with Gasteiger partial charge in [-0.2, -0.15) is 0 Å². The van der Waals surface area contributed by atoms with Crippen molar-refractivity contribution in [2.24, 2.45) is 0 Å². The molecular formula is C17H24N2O. The predicted molar refractivity (Wildman–Crippen MR) is 80.2 cm³/mol. The topological polar surface area (TPSA) is 24.5 Å². The molecule has 3 nitrogen and oxygen atoms in total. The van der Waals surface area contributed by atoms with E-state index < -0.39 is 0 Å². The maximum atomic E-state index is 6.09. The fourth-order valence-electron chi connectivity index (χ4n) is 3.57. The van der Waals surface area contributed by atoms with Gasteiger partial charge in [-0.25, -0.2) is 0 Å². The predicted octanol–water partition coefficient (Wildman–Crippen LogP) is 2.21. The zero-order chi connectivity index (χ0) is 13.4. The summed E-state index contributed by atoms with van der Waals surface area (Å²) in [5.74, 6) is 1.10. The average molecular weight is 272 g/mol. The molecule has 2 aliphatic heterocycles. The molecule has 3 aliphatic rings. The molecule has 1 aliphatic carbocycles. The van der Waals surface area contributed by atoms with Gasteiger partial charge < -0.3 is 10.1 Å². The highest BCUT2D eigenvalue weighted by Crippen LogP contribution is 2.30. The summed E-state index contributed by atoms with van der Waals surface area (Å²) in [5, 5.41) is 3.69. The van der Waals surface area contributed by atoms with Crippen LogP contribution in [-0.4, -0.2) is 42.7 Å². The smallest absolute Gasteiger partial charge is 0.123 e. The Bertz CT molecular complexity index is 447. The Hall–Kier alpha value is -1.06. The third-order valence-corrected chi connectivity index (χ3v) is 4.87. The van der Waals surface area contributed by atoms with Gasteiger partial charge >= 0.3 is 0 Å². The van der Waals surface area contributed by atoms with Crippen LogP contribution in [-0.2, 0) is 6.42 Å². The lowest BCUT2D eigenvalue weighted by Gasteiger charge is -2.27. The van der Waals surface area contributed by atoms with Crippen LogP contribution in [0, 0.1) is 0 Å². The van der Waals surface area contributed by atoms with Crippen LogP contribution in [0.2, 0.25) is 0 Å². The van der Waals surface area contributed by atoms with E-state index in [-0.39, 0.29) is 0 Å². The zero-order valence-corrected chi connectivity index (χ0v) is 12.1. The van der Waals surface area contributed by atoms with Gasteiger partial charge in [0.15, 0.2) is 0 Å². The first kappa shape index (κ1) is 12.7. The highest BCUT2D eigenvalue weighted by Gasteiger charge is 2.31.